The monoisotopic (exact) mass is 746 g/mol. The second-order valence-corrected chi connectivity index (χ2v) is 27.2. The molecule has 2 aliphatic heterocycles. The van der Waals surface area contributed by atoms with Gasteiger partial charge in [-0.25, -0.2) is 4.79 Å². The van der Waals surface area contributed by atoms with Crippen LogP contribution in [0.3, 0.4) is 0 Å². The third kappa shape index (κ3) is 16.3. The average Bonchev–Trinajstić information content (AvgIpc) is 2.97. The zero-order chi connectivity index (χ0) is 38.6. The van der Waals surface area contributed by atoms with Gasteiger partial charge in [-0.1, -0.05) is 103 Å². The maximum absolute atomic E-state index is 13.5. The first kappa shape index (κ1) is 45.2. The molecule has 2 N–H and O–H groups in total. The SMILES string of the molecule is CC1=CCO[C@H](/C=C/[C@H](O[Si](C)(C)C(C)(C)C)[C@H](O)C/C=C/C(CC(=O)C[C@H](C)C[C@@H]2CC=C[C@@H](C/C=C\C(=O)O)O2)O[Si](C)(C)C(C)(C)C)C1. The van der Waals surface area contributed by atoms with Crippen LogP contribution in [0.4, 0.5) is 0 Å². The first-order valence-electron chi connectivity index (χ1n) is 18.9. The van der Waals surface area contributed by atoms with Gasteiger partial charge in [0.15, 0.2) is 16.6 Å². The first-order valence-corrected chi connectivity index (χ1v) is 24.7. The van der Waals surface area contributed by atoms with Crippen molar-refractivity contribution in [3.63, 3.8) is 0 Å². The van der Waals surface area contributed by atoms with Crippen molar-refractivity contribution in [3.05, 3.63) is 60.3 Å². The van der Waals surface area contributed by atoms with E-state index < -0.39 is 40.9 Å². The summed E-state index contributed by atoms with van der Waals surface area (Å²) in [6.45, 7) is 26.8. The van der Waals surface area contributed by atoms with E-state index >= 15 is 0 Å². The molecule has 7 atom stereocenters. The highest BCUT2D eigenvalue weighted by atomic mass is 28.4. The van der Waals surface area contributed by atoms with Crippen molar-refractivity contribution in [2.45, 2.75) is 173 Å². The lowest BCUT2D eigenvalue weighted by molar-refractivity contribution is -0.131. The van der Waals surface area contributed by atoms with Crippen LogP contribution in [-0.4, -0.2) is 81.8 Å². The van der Waals surface area contributed by atoms with Crippen LogP contribution in [-0.2, 0) is 27.9 Å². The summed E-state index contributed by atoms with van der Waals surface area (Å²) in [6.07, 6.45) is 18.9. The van der Waals surface area contributed by atoms with Crippen LogP contribution in [0.5, 0.6) is 0 Å². The lowest BCUT2D eigenvalue weighted by Gasteiger charge is -2.40. The minimum atomic E-state index is -2.21. The Kier molecular flexibility index (Phi) is 17.7. The maximum atomic E-state index is 13.5. The maximum Gasteiger partial charge on any atom is 0.327 e. The summed E-state index contributed by atoms with van der Waals surface area (Å²) in [5.74, 6) is -0.704. The molecule has 0 aromatic rings. The van der Waals surface area contributed by atoms with Gasteiger partial charge in [-0.2, -0.15) is 0 Å². The summed E-state index contributed by atoms with van der Waals surface area (Å²) in [6, 6.07) is 0. The van der Waals surface area contributed by atoms with Crippen molar-refractivity contribution in [2.75, 3.05) is 6.61 Å². The molecule has 0 spiro atoms. The first-order chi connectivity index (χ1) is 23.5. The molecule has 0 radical (unpaired) electrons. The number of carbonyl (C=O) groups excluding carboxylic acids is 1. The van der Waals surface area contributed by atoms with Crippen molar-refractivity contribution in [1.29, 1.82) is 0 Å². The van der Waals surface area contributed by atoms with Crippen LogP contribution in [0.15, 0.2) is 60.3 Å². The van der Waals surface area contributed by atoms with Crippen LogP contribution in [0.2, 0.25) is 36.3 Å². The zero-order valence-electron chi connectivity index (χ0n) is 33.7. The van der Waals surface area contributed by atoms with Crippen LogP contribution < -0.4 is 0 Å². The molecule has 51 heavy (non-hydrogen) atoms. The molecule has 0 saturated heterocycles. The van der Waals surface area contributed by atoms with Crippen LogP contribution in [0, 0.1) is 5.92 Å². The molecule has 10 heteroatoms. The molecule has 0 aromatic heterocycles. The van der Waals surface area contributed by atoms with Gasteiger partial charge in [0.2, 0.25) is 0 Å². The van der Waals surface area contributed by atoms with E-state index in [1.54, 1.807) is 6.08 Å². The molecule has 2 heterocycles. The number of aliphatic carboxylic acids is 1. The van der Waals surface area contributed by atoms with Crippen LogP contribution >= 0.6 is 0 Å². The number of Topliss-reactive ketones (excluding diaryl/α,β-unsaturated/α-hetero) is 1. The van der Waals surface area contributed by atoms with Crippen molar-refractivity contribution < 1.29 is 38.1 Å². The number of ketones is 1. The number of carboxylic acids is 1. The van der Waals surface area contributed by atoms with Gasteiger partial charge in [0.05, 0.1) is 43.2 Å². The Morgan fingerprint density at radius 3 is 2.25 bits per heavy atom. The number of hydrogen-bond acceptors (Lipinski definition) is 7. The molecule has 2 rings (SSSR count). The molecule has 0 aromatic carbocycles. The van der Waals surface area contributed by atoms with Crippen LogP contribution in [0.1, 0.15) is 100 Å². The smallest absolute Gasteiger partial charge is 0.327 e. The molecule has 0 saturated carbocycles. The second kappa shape index (κ2) is 20.0. The minimum Gasteiger partial charge on any atom is -0.478 e. The number of carboxylic acid groups (broad SMARTS) is 1. The zero-order valence-corrected chi connectivity index (χ0v) is 35.7. The highest BCUT2D eigenvalue weighted by Gasteiger charge is 2.41. The molecule has 2 aliphatic rings. The number of aliphatic hydroxyl groups excluding tert-OH is 1. The van der Waals surface area contributed by atoms with Gasteiger partial charge in [-0.15, -0.1) is 0 Å². The number of carbonyl (C=O) groups is 2. The Hall–Kier alpha value is -1.93. The molecule has 0 amide bonds. The Bertz CT molecular complexity index is 1270. The standard InChI is InChI=1S/C41H70O8Si2/c1-30-24-25-46-34(27-30)22-23-38(49-51(11,12)41(6,7)8)37(43)20-14-19-36(48-50(9,10)40(3,4)5)29-32(42)26-31(2)28-35-18-13-16-33(47-35)17-15-21-39(44)45/h13-16,19,21-24,31,33-38,43H,17-18,20,25-29H2,1-12H3,(H,44,45)/b19-14+,21-15-,23-22+/t31-,33-,34+,35-,36?,37+,38-/m0/s1. The molecule has 0 fully saturated rings. The lowest BCUT2D eigenvalue weighted by Crippen LogP contribution is -2.46. The van der Waals surface area contributed by atoms with Gasteiger partial charge in [-0.05, 0) is 81.2 Å². The number of aliphatic hydroxyl groups is 1. The third-order valence-corrected chi connectivity index (χ3v) is 19.8. The number of hydrogen-bond donors (Lipinski definition) is 2. The molecule has 0 aliphatic carbocycles. The van der Waals surface area contributed by atoms with Gasteiger partial charge in [0.25, 0.3) is 0 Å². The molecule has 290 valence electrons. The molecule has 1 unspecified atom stereocenters. The van der Waals surface area contributed by atoms with Crippen molar-refractivity contribution in [2.24, 2.45) is 5.92 Å². The van der Waals surface area contributed by atoms with E-state index in [0.717, 1.165) is 25.3 Å². The van der Waals surface area contributed by atoms with Gasteiger partial charge in [0, 0.05) is 18.9 Å². The topological polar surface area (TPSA) is 112 Å². The lowest BCUT2D eigenvalue weighted by atomic mass is 9.93. The normalized spacial score (nSPS) is 23.5. The van der Waals surface area contributed by atoms with E-state index in [2.05, 4.69) is 93.7 Å². The van der Waals surface area contributed by atoms with Gasteiger partial charge in [-0.3, -0.25) is 4.79 Å². The quantitative estimate of drug-likeness (QED) is 0.0764. The highest BCUT2D eigenvalue weighted by molar-refractivity contribution is 6.74. The number of rotatable bonds is 19. The molecule has 0 bridgehead atoms. The fourth-order valence-electron chi connectivity index (χ4n) is 5.65. The largest absolute Gasteiger partial charge is 0.478 e. The third-order valence-electron chi connectivity index (χ3n) is 10.8. The summed E-state index contributed by atoms with van der Waals surface area (Å²) in [4.78, 5) is 24.3. The van der Waals surface area contributed by atoms with Gasteiger partial charge >= 0.3 is 5.97 Å². The Morgan fingerprint density at radius 2 is 1.65 bits per heavy atom. The van der Waals surface area contributed by atoms with E-state index in [1.807, 2.05) is 30.4 Å². The van der Waals surface area contributed by atoms with E-state index in [1.165, 1.54) is 5.57 Å². The minimum absolute atomic E-state index is 0.0117. The second-order valence-electron chi connectivity index (χ2n) is 17.7. The fourth-order valence-corrected chi connectivity index (χ4v) is 8.19. The predicted molar refractivity (Wildman–Crippen MR) is 213 cm³/mol. The van der Waals surface area contributed by atoms with Crippen molar-refractivity contribution >= 4 is 28.4 Å². The fraction of sp³-hybridized carbons (Fsp3) is 0.707. The Balaban J connectivity index is 2.14. The molecular weight excluding hydrogens is 677 g/mol. The number of ether oxygens (including phenoxy) is 2. The highest BCUT2D eigenvalue weighted by Crippen LogP contribution is 2.39. The summed E-state index contributed by atoms with van der Waals surface area (Å²) in [5.41, 5.74) is 1.30. The summed E-state index contributed by atoms with van der Waals surface area (Å²) < 4.78 is 25.6. The summed E-state index contributed by atoms with van der Waals surface area (Å²) in [7, 11) is -4.41. The summed E-state index contributed by atoms with van der Waals surface area (Å²) in [5, 5.41) is 20.4. The van der Waals surface area contributed by atoms with Crippen molar-refractivity contribution in [1.82, 2.24) is 0 Å². The summed E-state index contributed by atoms with van der Waals surface area (Å²) >= 11 is 0. The van der Waals surface area contributed by atoms with Crippen molar-refractivity contribution in [3.8, 4) is 0 Å². The predicted octanol–water partition coefficient (Wildman–Crippen LogP) is 9.49. The van der Waals surface area contributed by atoms with E-state index in [4.69, 9.17) is 23.4 Å². The van der Waals surface area contributed by atoms with E-state index in [0.29, 0.717) is 25.9 Å². The van der Waals surface area contributed by atoms with E-state index in [-0.39, 0.29) is 46.5 Å². The van der Waals surface area contributed by atoms with Crippen LogP contribution in [0.25, 0.3) is 0 Å². The van der Waals surface area contributed by atoms with Gasteiger partial charge in [0.1, 0.15) is 5.78 Å². The molecular formula is C41H70O8Si2. The Labute approximate surface area is 311 Å². The van der Waals surface area contributed by atoms with E-state index in [9.17, 15) is 14.7 Å². The molecule has 8 nitrogen and oxygen atoms in total. The van der Waals surface area contributed by atoms with Gasteiger partial charge < -0.3 is 28.5 Å². The Morgan fingerprint density at radius 1 is 1.00 bits per heavy atom. The average molecular weight is 747 g/mol.